The molecule has 5 nitrogen and oxygen atoms in total. The van der Waals surface area contributed by atoms with Gasteiger partial charge in [-0.2, -0.15) is 0 Å². The van der Waals surface area contributed by atoms with Gasteiger partial charge in [-0.3, -0.25) is 4.79 Å². The highest BCUT2D eigenvalue weighted by atomic mass is 19.1. The third-order valence-corrected chi connectivity index (χ3v) is 5.04. The van der Waals surface area contributed by atoms with Crippen LogP contribution in [0.4, 0.5) is 4.39 Å². The van der Waals surface area contributed by atoms with Crippen molar-refractivity contribution in [3.05, 3.63) is 48.3 Å². The van der Waals surface area contributed by atoms with Crippen molar-refractivity contribution in [3.63, 3.8) is 0 Å². The van der Waals surface area contributed by atoms with E-state index in [1.165, 1.54) is 12.1 Å². The first kappa shape index (κ1) is 16.7. The van der Waals surface area contributed by atoms with Gasteiger partial charge in [-0.25, -0.2) is 4.39 Å². The molecule has 3 aliphatic heterocycles. The number of benzene rings is 1. The van der Waals surface area contributed by atoms with Crippen molar-refractivity contribution >= 4 is 5.97 Å². The zero-order valence-electron chi connectivity index (χ0n) is 14.2. The van der Waals surface area contributed by atoms with Crippen LogP contribution in [-0.4, -0.2) is 36.4 Å². The molecule has 0 aromatic heterocycles. The predicted molar refractivity (Wildman–Crippen MR) is 86.0 cm³/mol. The van der Waals surface area contributed by atoms with Gasteiger partial charge in [-0.15, -0.1) is 6.58 Å². The maximum Gasteiger partial charge on any atom is 0.310 e. The molecule has 3 fully saturated rings. The largest absolute Gasteiger partial charge is 0.456 e. The first-order valence-electron chi connectivity index (χ1n) is 8.47. The Morgan fingerprint density at radius 1 is 1.16 bits per heavy atom. The first-order chi connectivity index (χ1) is 11.9. The summed E-state index contributed by atoms with van der Waals surface area (Å²) in [6.45, 7) is 7.33. The van der Waals surface area contributed by atoms with E-state index >= 15 is 0 Å². The summed E-state index contributed by atoms with van der Waals surface area (Å²) in [7, 11) is 0. The van der Waals surface area contributed by atoms with E-state index in [0.29, 0.717) is 6.42 Å². The molecule has 0 bridgehead atoms. The topological polar surface area (TPSA) is 54.0 Å². The molecule has 0 N–H and O–H groups in total. The zero-order valence-corrected chi connectivity index (χ0v) is 14.2. The van der Waals surface area contributed by atoms with Crippen LogP contribution in [0.3, 0.4) is 0 Å². The summed E-state index contributed by atoms with van der Waals surface area (Å²) < 4.78 is 36.8. The maximum absolute atomic E-state index is 13.3. The fraction of sp³-hybridized carbons (Fsp3) is 0.526. The lowest BCUT2D eigenvalue weighted by molar-refractivity contribution is -0.231. The predicted octanol–water partition coefficient (Wildman–Crippen LogP) is 2.90. The van der Waals surface area contributed by atoms with Gasteiger partial charge in [0.1, 0.15) is 11.9 Å². The molecule has 0 amide bonds. The first-order valence-corrected chi connectivity index (χ1v) is 8.47. The summed E-state index contributed by atoms with van der Waals surface area (Å²) in [5.41, 5.74) is 0.833. The standard InChI is InChI=1S/C19H21FO5/c1-4-5-12-13(10-6-8-11(20)9-7-10)14-15(22-17(12)21)16-18(23-14)25-19(2,3)24-16/h4,6-9,12-16,18H,1,5H2,2-3H3/t12-,13-,14+,15-,16+,18+/m0/s1. The number of fused-ring (bicyclic) bond motifs is 3. The third kappa shape index (κ3) is 2.78. The summed E-state index contributed by atoms with van der Waals surface area (Å²) in [5.74, 6) is -2.12. The summed E-state index contributed by atoms with van der Waals surface area (Å²) in [5, 5.41) is 0. The molecule has 1 aromatic rings. The van der Waals surface area contributed by atoms with Crippen LogP contribution < -0.4 is 0 Å². The summed E-state index contributed by atoms with van der Waals surface area (Å²) >= 11 is 0. The van der Waals surface area contributed by atoms with Crippen LogP contribution in [-0.2, 0) is 23.7 Å². The molecule has 3 aliphatic rings. The summed E-state index contributed by atoms with van der Waals surface area (Å²) in [6, 6.07) is 6.16. The number of carbonyl (C=O) groups excluding carboxylic acids is 1. The van der Waals surface area contributed by atoms with E-state index in [2.05, 4.69) is 6.58 Å². The Bertz CT molecular complexity index is 686. The number of esters is 1. The number of hydrogen-bond acceptors (Lipinski definition) is 5. The van der Waals surface area contributed by atoms with Crippen molar-refractivity contribution < 1.29 is 28.1 Å². The molecule has 1 aromatic carbocycles. The van der Waals surface area contributed by atoms with Crippen LogP contribution in [0.15, 0.2) is 36.9 Å². The smallest absolute Gasteiger partial charge is 0.310 e. The molecule has 0 unspecified atom stereocenters. The molecule has 6 atom stereocenters. The van der Waals surface area contributed by atoms with Gasteiger partial charge in [0.05, 0.1) is 5.92 Å². The van der Waals surface area contributed by atoms with Crippen LogP contribution in [0.5, 0.6) is 0 Å². The lowest BCUT2D eigenvalue weighted by Gasteiger charge is -2.39. The van der Waals surface area contributed by atoms with Crippen molar-refractivity contribution in [1.82, 2.24) is 0 Å². The SMILES string of the molecule is C=CC[C@@H]1C(=O)O[C@@H]2[C@H]3OC(C)(C)O[C@H]3O[C@@H]2[C@H]1c1ccc(F)cc1. The van der Waals surface area contributed by atoms with E-state index in [1.54, 1.807) is 32.1 Å². The van der Waals surface area contributed by atoms with Gasteiger partial charge in [0.2, 0.25) is 0 Å². The Balaban J connectivity index is 1.69. The highest BCUT2D eigenvalue weighted by Gasteiger charge is 2.62. The Hall–Kier alpha value is -1.76. The van der Waals surface area contributed by atoms with Crippen LogP contribution in [0, 0.1) is 11.7 Å². The molecule has 4 rings (SSSR count). The normalized spacial score (nSPS) is 38.8. The van der Waals surface area contributed by atoms with E-state index in [-0.39, 0.29) is 17.7 Å². The Kier molecular flexibility index (Phi) is 3.94. The second kappa shape index (κ2) is 5.90. The molecule has 0 radical (unpaired) electrons. The van der Waals surface area contributed by atoms with Gasteiger partial charge < -0.3 is 18.9 Å². The lowest BCUT2D eigenvalue weighted by atomic mass is 9.76. The zero-order chi connectivity index (χ0) is 17.8. The van der Waals surface area contributed by atoms with Gasteiger partial charge in [0.15, 0.2) is 24.3 Å². The van der Waals surface area contributed by atoms with Crippen molar-refractivity contribution in [2.24, 2.45) is 5.92 Å². The monoisotopic (exact) mass is 348 g/mol. The van der Waals surface area contributed by atoms with Gasteiger partial charge in [0, 0.05) is 5.92 Å². The Labute approximate surface area is 145 Å². The minimum Gasteiger partial charge on any atom is -0.456 e. The van der Waals surface area contributed by atoms with Crippen LogP contribution in [0.2, 0.25) is 0 Å². The summed E-state index contributed by atoms with van der Waals surface area (Å²) in [6.07, 6.45) is 0.152. The molecular weight excluding hydrogens is 327 g/mol. The second-order valence-electron chi connectivity index (χ2n) is 7.18. The molecule has 6 heteroatoms. The summed E-state index contributed by atoms with van der Waals surface area (Å²) in [4.78, 5) is 12.6. The van der Waals surface area contributed by atoms with Crippen molar-refractivity contribution in [3.8, 4) is 0 Å². The van der Waals surface area contributed by atoms with Crippen LogP contribution >= 0.6 is 0 Å². The van der Waals surface area contributed by atoms with Crippen LogP contribution in [0.1, 0.15) is 31.7 Å². The van der Waals surface area contributed by atoms with Gasteiger partial charge in [-0.1, -0.05) is 18.2 Å². The van der Waals surface area contributed by atoms with Gasteiger partial charge >= 0.3 is 5.97 Å². The molecule has 134 valence electrons. The molecule has 25 heavy (non-hydrogen) atoms. The van der Waals surface area contributed by atoms with E-state index in [0.717, 1.165) is 5.56 Å². The van der Waals surface area contributed by atoms with Crippen molar-refractivity contribution in [1.29, 1.82) is 0 Å². The molecular formula is C19H21FO5. The molecule has 3 saturated heterocycles. The van der Waals surface area contributed by atoms with E-state index in [1.807, 2.05) is 0 Å². The highest BCUT2D eigenvalue weighted by molar-refractivity contribution is 5.75. The third-order valence-electron chi connectivity index (χ3n) is 5.04. The molecule has 0 saturated carbocycles. The average Bonchev–Trinajstić information content (AvgIpc) is 3.02. The number of allylic oxidation sites excluding steroid dienone is 1. The van der Waals surface area contributed by atoms with Gasteiger partial charge in [-0.05, 0) is 38.0 Å². The van der Waals surface area contributed by atoms with Crippen molar-refractivity contribution in [2.75, 3.05) is 0 Å². The van der Waals surface area contributed by atoms with E-state index < -0.39 is 36.3 Å². The maximum atomic E-state index is 13.3. The lowest BCUT2D eigenvalue weighted by Crippen LogP contribution is -2.49. The Morgan fingerprint density at radius 2 is 1.88 bits per heavy atom. The van der Waals surface area contributed by atoms with E-state index in [4.69, 9.17) is 18.9 Å². The fourth-order valence-corrected chi connectivity index (χ4v) is 4.05. The van der Waals surface area contributed by atoms with Crippen LogP contribution in [0.25, 0.3) is 0 Å². The molecule has 0 spiro atoms. The number of rotatable bonds is 3. The highest BCUT2D eigenvalue weighted by Crippen LogP contribution is 2.48. The van der Waals surface area contributed by atoms with E-state index in [9.17, 15) is 9.18 Å². The minimum absolute atomic E-state index is 0.272. The number of halogens is 1. The number of hydrogen-bond donors (Lipinski definition) is 0. The quantitative estimate of drug-likeness (QED) is 0.621. The van der Waals surface area contributed by atoms with Crippen molar-refractivity contribution in [2.45, 2.75) is 56.6 Å². The number of ether oxygens (including phenoxy) is 4. The Morgan fingerprint density at radius 3 is 2.56 bits per heavy atom. The molecule has 0 aliphatic carbocycles. The van der Waals surface area contributed by atoms with Gasteiger partial charge in [0.25, 0.3) is 0 Å². The average molecular weight is 348 g/mol. The number of carbonyl (C=O) groups is 1. The minimum atomic E-state index is -0.782. The molecule has 3 heterocycles. The fourth-order valence-electron chi connectivity index (χ4n) is 4.05. The second-order valence-corrected chi connectivity index (χ2v) is 7.18.